The maximum absolute atomic E-state index is 12.9. The second-order valence-electron chi connectivity index (χ2n) is 7.77. The molecule has 1 aliphatic rings. The minimum Gasteiger partial charge on any atom is -0.545 e. The van der Waals surface area contributed by atoms with E-state index in [2.05, 4.69) is 10.6 Å². The molecular formula is C19H25N2NaO4. The van der Waals surface area contributed by atoms with Gasteiger partial charge in [-0.1, -0.05) is 32.9 Å². The number of nitrogens with one attached hydrogen (secondary N) is 2. The summed E-state index contributed by atoms with van der Waals surface area (Å²) in [7, 11) is 0. The Kier molecular flexibility index (Phi) is 7.45. The predicted molar refractivity (Wildman–Crippen MR) is 92.1 cm³/mol. The van der Waals surface area contributed by atoms with Gasteiger partial charge >= 0.3 is 29.6 Å². The molecule has 0 aliphatic carbocycles. The fraction of sp³-hybridized carbons (Fsp3) is 0.526. The summed E-state index contributed by atoms with van der Waals surface area (Å²) in [6.07, 6.45) is 0.850. The van der Waals surface area contributed by atoms with Gasteiger partial charge in [-0.2, -0.15) is 0 Å². The zero-order valence-electron chi connectivity index (χ0n) is 16.4. The number of carboxylic acid groups (broad SMARTS) is 1. The Morgan fingerprint density at radius 3 is 2.19 bits per heavy atom. The van der Waals surface area contributed by atoms with Crippen molar-refractivity contribution in [2.45, 2.75) is 59.5 Å². The summed E-state index contributed by atoms with van der Waals surface area (Å²) >= 11 is 0. The van der Waals surface area contributed by atoms with E-state index in [-0.39, 0.29) is 64.1 Å². The number of carbonyl (C=O) groups is 3. The normalized spacial score (nSPS) is 20.0. The molecule has 1 aromatic rings. The van der Waals surface area contributed by atoms with Gasteiger partial charge in [-0.05, 0) is 36.8 Å². The van der Waals surface area contributed by atoms with Crippen molar-refractivity contribution in [2.75, 3.05) is 0 Å². The van der Waals surface area contributed by atoms with E-state index >= 15 is 0 Å². The molecule has 6 nitrogen and oxygen atoms in total. The Bertz CT molecular complexity index is 725. The smallest absolute Gasteiger partial charge is 0.545 e. The number of amides is 2. The van der Waals surface area contributed by atoms with Gasteiger partial charge in [-0.15, -0.1) is 0 Å². The number of hydrogen-bond acceptors (Lipinski definition) is 4. The van der Waals surface area contributed by atoms with Gasteiger partial charge < -0.3 is 20.5 Å². The number of carboxylic acids is 1. The third-order valence-electron chi connectivity index (χ3n) is 4.70. The van der Waals surface area contributed by atoms with Crippen molar-refractivity contribution < 1.29 is 49.0 Å². The van der Waals surface area contributed by atoms with Crippen molar-refractivity contribution in [3.8, 4) is 0 Å². The summed E-state index contributed by atoms with van der Waals surface area (Å²) in [5, 5.41) is 17.4. The molecule has 0 saturated carbocycles. The molecule has 2 amide bonds. The maximum Gasteiger partial charge on any atom is 1.00 e. The van der Waals surface area contributed by atoms with Crippen LogP contribution in [0.25, 0.3) is 0 Å². The topological polar surface area (TPSA) is 98.3 Å². The van der Waals surface area contributed by atoms with Gasteiger partial charge in [0.2, 0.25) is 5.91 Å². The molecule has 2 rings (SSSR count). The number of benzene rings is 1. The molecule has 7 heteroatoms. The third-order valence-corrected chi connectivity index (χ3v) is 4.70. The van der Waals surface area contributed by atoms with Crippen molar-refractivity contribution in [3.05, 3.63) is 34.4 Å². The molecule has 1 heterocycles. The van der Waals surface area contributed by atoms with Crippen LogP contribution in [0.1, 0.15) is 65.5 Å². The fourth-order valence-corrected chi connectivity index (χ4v) is 3.38. The summed E-state index contributed by atoms with van der Waals surface area (Å²) in [5.74, 6) is -1.85. The van der Waals surface area contributed by atoms with Crippen molar-refractivity contribution in [3.63, 3.8) is 0 Å². The van der Waals surface area contributed by atoms with Crippen molar-refractivity contribution in [2.24, 2.45) is 5.41 Å². The van der Waals surface area contributed by atoms with Crippen LogP contribution < -0.4 is 45.3 Å². The van der Waals surface area contributed by atoms with Gasteiger partial charge in [0, 0.05) is 12.0 Å². The molecule has 136 valence electrons. The Labute approximate surface area is 176 Å². The molecule has 1 aromatic carbocycles. The first-order valence-electron chi connectivity index (χ1n) is 8.44. The average molecular weight is 368 g/mol. The van der Waals surface area contributed by atoms with E-state index in [1.54, 1.807) is 26.0 Å². The van der Waals surface area contributed by atoms with Gasteiger partial charge in [-0.25, -0.2) is 0 Å². The van der Waals surface area contributed by atoms with Crippen LogP contribution in [-0.2, 0) is 4.79 Å². The predicted octanol–water partition coefficient (Wildman–Crippen LogP) is -1.91. The van der Waals surface area contributed by atoms with Crippen LogP contribution >= 0.6 is 0 Å². The molecule has 0 bridgehead atoms. The summed E-state index contributed by atoms with van der Waals surface area (Å²) in [5.41, 5.74) is 0.871. The largest absolute Gasteiger partial charge is 1.00 e. The van der Waals surface area contributed by atoms with Crippen LogP contribution in [0.5, 0.6) is 0 Å². The first kappa shape index (κ1) is 22.7. The van der Waals surface area contributed by atoms with E-state index in [1.165, 1.54) is 0 Å². The van der Waals surface area contributed by atoms with Gasteiger partial charge in [-0.3, -0.25) is 9.59 Å². The van der Waals surface area contributed by atoms with Crippen LogP contribution in [0.15, 0.2) is 12.1 Å². The van der Waals surface area contributed by atoms with E-state index < -0.39 is 11.9 Å². The fourth-order valence-electron chi connectivity index (χ4n) is 3.38. The molecule has 1 aliphatic heterocycles. The summed E-state index contributed by atoms with van der Waals surface area (Å²) in [4.78, 5) is 36.1. The van der Waals surface area contributed by atoms with Crippen molar-refractivity contribution in [1.29, 1.82) is 0 Å². The van der Waals surface area contributed by atoms with Gasteiger partial charge in [0.05, 0.1) is 23.6 Å². The zero-order chi connectivity index (χ0) is 18.9. The second-order valence-corrected chi connectivity index (χ2v) is 7.77. The standard InChI is InChI=1S/C19H26N2O4.Na/c1-10-6-7-11(2)15(18(24)25)14(10)17(23)20-12-8-9-13(22)21-16(12)19(3,4)5;/h6-7,12,16H,8-9H2,1-5H3,(H,20,23)(H,21,22)(H,24,25);/q;+1/p-1/t12-,16-;/m1./s1. The summed E-state index contributed by atoms with van der Waals surface area (Å²) in [6, 6.07) is 2.89. The average Bonchev–Trinajstić information content (AvgIpc) is 2.49. The number of carbonyl (C=O) groups excluding carboxylic acids is 3. The number of aryl methyl sites for hydroxylation is 2. The second kappa shape index (κ2) is 8.55. The Balaban J connectivity index is 0.00000338. The van der Waals surface area contributed by atoms with Crippen LogP contribution in [0.3, 0.4) is 0 Å². The Morgan fingerprint density at radius 1 is 1.15 bits per heavy atom. The summed E-state index contributed by atoms with van der Waals surface area (Å²) in [6.45, 7) is 9.32. The minimum absolute atomic E-state index is 0. The Hall–Kier alpha value is -1.37. The minimum atomic E-state index is -1.37. The number of hydrogen-bond donors (Lipinski definition) is 2. The van der Waals surface area contributed by atoms with Gasteiger partial charge in [0.15, 0.2) is 0 Å². The molecule has 1 fully saturated rings. The van der Waals surface area contributed by atoms with Gasteiger partial charge in [0.1, 0.15) is 0 Å². The molecule has 2 N–H and O–H groups in total. The van der Waals surface area contributed by atoms with Crippen LogP contribution in [0, 0.1) is 19.3 Å². The van der Waals surface area contributed by atoms with Crippen LogP contribution in [0.2, 0.25) is 0 Å². The summed E-state index contributed by atoms with van der Waals surface area (Å²) < 4.78 is 0. The number of aromatic carboxylic acids is 1. The molecule has 26 heavy (non-hydrogen) atoms. The zero-order valence-corrected chi connectivity index (χ0v) is 18.4. The third kappa shape index (κ3) is 4.87. The van der Waals surface area contributed by atoms with Gasteiger partial charge in [0.25, 0.3) is 5.91 Å². The first-order chi connectivity index (χ1) is 11.5. The van der Waals surface area contributed by atoms with Crippen molar-refractivity contribution in [1.82, 2.24) is 10.6 Å². The molecule has 2 atom stereocenters. The van der Waals surface area contributed by atoms with E-state index in [0.29, 0.717) is 24.0 Å². The SMILES string of the molecule is Cc1ccc(C)c(C(=O)N[C@@H]2CCC(=O)N[C@H]2C(C)(C)C)c1C(=O)[O-].[Na+]. The molecule has 0 unspecified atom stereocenters. The molecule has 0 radical (unpaired) electrons. The van der Waals surface area contributed by atoms with E-state index in [4.69, 9.17) is 0 Å². The Morgan fingerprint density at radius 2 is 1.69 bits per heavy atom. The van der Waals surface area contributed by atoms with Crippen LogP contribution in [0.4, 0.5) is 0 Å². The maximum atomic E-state index is 12.9. The van der Waals surface area contributed by atoms with E-state index in [0.717, 1.165) is 0 Å². The first-order valence-corrected chi connectivity index (χ1v) is 8.44. The molecular weight excluding hydrogens is 343 g/mol. The van der Waals surface area contributed by atoms with E-state index in [1.807, 2.05) is 20.8 Å². The van der Waals surface area contributed by atoms with Crippen molar-refractivity contribution >= 4 is 17.8 Å². The molecule has 0 spiro atoms. The number of piperidine rings is 1. The van der Waals surface area contributed by atoms with E-state index in [9.17, 15) is 19.5 Å². The quantitative estimate of drug-likeness (QED) is 0.609. The molecule has 0 aromatic heterocycles. The number of rotatable bonds is 3. The molecule has 1 saturated heterocycles. The monoisotopic (exact) mass is 368 g/mol. The van der Waals surface area contributed by atoms with Crippen LogP contribution in [-0.4, -0.2) is 29.9 Å².